The molecule has 0 aliphatic heterocycles. The van der Waals surface area contributed by atoms with Crippen LogP contribution in [0.5, 0.6) is 0 Å². The maximum absolute atomic E-state index is 9.55. The minimum atomic E-state index is -0.714. The lowest BCUT2D eigenvalue weighted by atomic mass is 9.67. The number of halogens is 2. The van der Waals surface area contributed by atoms with Gasteiger partial charge in [-0.1, -0.05) is 52.3 Å². The summed E-state index contributed by atoms with van der Waals surface area (Å²) in [5, 5.41) is 38.2. The number of nitriles is 4. The highest BCUT2D eigenvalue weighted by molar-refractivity contribution is 14.1. The van der Waals surface area contributed by atoms with Crippen LogP contribution in [0.3, 0.4) is 0 Å². The van der Waals surface area contributed by atoms with Crippen LogP contribution in [-0.4, -0.2) is 0 Å². The molecule has 8 aromatic carbocycles. The van der Waals surface area contributed by atoms with E-state index in [0.29, 0.717) is 22.3 Å². The second-order valence-electron chi connectivity index (χ2n) is 14.5. The zero-order valence-electron chi connectivity index (χ0n) is 32.3. The van der Waals surface area contributed by atoms with Crippen molar-refractivity contribution in [1.82, 2.24) is 0 Å². The summed E-state index contributed by atoms with van der Waals surface area (Å²) in [6.45, 7) is 0. The maximum Gasteiger partial charge on any atom is 0.0991 e. The predicted molar refractivity (Wildman–Crippen MR) is 252 cm³/mol. The third-order valence-corrected chi connectivity index (χ3v) is 12.4. The first-order valence-corrected chi connectivity index (χ1v) is 21.1. The number of hydrogen-bond donors (Lipinski definition) is 0. The zero-order chi connectivity index (χ0) is 42.1. The molecule has 0 saturated carbocycles. The van der Waals surface area contributed by atoms with Crippen LogP contribution < -0.4 is 9.80 Å². The van der Waals surface area contributed by atoms with Crippen LogP contribution in [0.15, 0.2) is 186 Å². The Bertz CT molecular complexity index is 2790. The molecular formula is C53H30BrIN6. The van der Waals surface area contributed by atoms with E-state index in [1.165, 1.54) is 11.1 Å². The van der Waals surface area contributed by atoms with Crippen LogP contribution in [0, 0.1) is 48.9 Å². The van der Waals surface area contributed by atoms with Gasteiger partial charge in [0.05, 0.1) is 51.9 Å². The van der Waals surface area contributed by atoms with Crippen molar-refractivity contribution in [3.8, 4) is 35.4 Å². The van der Waals surface area contributed by atoms with Crippen molar-refractivity contribution in [3.05, 3.63) is 235 Å². The third-order valence-electron chi connectivity index (χ3n) is 11.2. The van der Waals surface area contributed by atoms with Crippen molar-refractivity contribution in [1.29, 1.82) is 21.0 Å². The van der Waals surface area contributed by atoms with Crippen molar-refractivity contribution in [2.45, 2.75) is 5.41 Å². The molecule has 0 radical (unpaired) electrons. The van der Waals surface area contributed by atoms with Gasteiger partial charge in [0.2, 0.25) is 0 Å². The molecule has 9 rings (SSSR count). The van der Waals surface area contributed by atoms with Crippen LogP contribution in [0.2, 0.25) is 0 Å². The lowest BCUT2D eigenvalue weighted by molar-refractivity contribution is 0.767. The maximum atomic E-state index is 9.55. The molecule has 8 aromatic rings. The minimum Gasteiger partial charge on any atom is -0.311 e. The molecule has 0 N–H and O–H groups in total. The molecule has 0 unspecified atom stereocenters. The first kappa shape index (κ1) is 39.0. The lowest BCUT2D eigenvalue weighted by Crippen LogP contribution is -2.29. The van der Waals surface area contributed by atoms with Crippen molar-refractivity contribution < 1.29 is 0 Å². The van der Waals surface area contributed by atoms with E-state index in [0.717, 1.165) is 64.4 Å². The zero-order valence-corrected chi connectivity index (χ0v) is 36.0. The van der Waals surface area contributed by atoms with Gasteiger partial charge in [0.15, 0.2) is 0 Å². The molecule has 0 saturated heterocycles. The van der Waals surface area contributed by atoms with Gasteiger partial charge in [0.1, 0.15) is 0 Å². The summed E-state index contributed by atoms with van der Waals surface area (Å²) >= 11 is 6.24. The molecule has 1 aliphatic rings. The van der Waals surface area contributed by atoms with Gasteiger partial charge < -0.3 is 9.80 Å². The number of rotatable bonds is 8. The summed E-state index contributed by atoms with van der Waals surface area (Å²) in [6, 6.07) is 69.6. The molecule has 1 aliphatic carbocycles. The highest BCUT2D eigenvalue weighted by Gasteiger charge is 2.46. The van der Waals surface area contributed by atoms with E-state index < -0.39 is 5.41 Å². The van der Waals surface area contributed by atoms with E-state index in [9.17, 15) is 21.0 Å². The third kappa shape index (κ3) is 6.99. The molecule has 0 spiro atoms. The van der Waals surface area contributed by atoms with Crippen LogP contribution in [0.1, 0.15) is 44.5 Å². The summed E-state index contributed by atoms with van der Waals surface area (Å²) in [5.41, 5.74) is 13.8. The van der Waals surface area contributed by atoms with Crippen LogP contribution in [-0.2, 0) is 5.41 Å². The second kappa shape index (κ2) is 16.3. The predicted octanol–water partition coefficient (Wildman–Crippen LogP) is 13.8. The summed E-state index contributed by atoms with van der Waals surface area (Å²) < 4.78 is 2.11. The highest BCUT2D eigenvalue weighted by atomic mass is 127. The van der Waals surface area contributed by atoms with Crippen molar-refractivity contribution >= 4 is 72.6 Å². The first-order chi connectivity index (χ1) is 29.8. The smallest absolute Gasteiger partial charge is 0.0991 e. The van der Waals surface area contributed by atoms with Crippen molar-refractivity contribution in [3.63, 3.8) is 0 Å². The molecule has 6 nitrogen and oxygen atoms in total. The first-order valence-electron chi connectivity index (χ1n) is 19.3. The topological polar surface area (TPSA) is 102 Å². The van der Waals surface area contributed by atoms with E-state index in [-0.39, 0.29) is 0 Å². The van der Waals surface area contributed by atoms with E-state index in [1.54, 1.807) is 0 Å². The summed E-state index contributed by atoms with van der Waals surface area (Å²) in [4.78, 5) is 4.26. The molecule has 286 valence electrons. The monoisotopic (exact) mass is 956 g/mol. The van der Waals surface area contributed by atoms with Gasteiger partial charge in [-0.15, -0.1) is 0 Å². The second-order valence-corrected chi connectivity index (χ2v) is 16.7. The van der Waals surface area contributed by atoms with Gasteiger partial charge in [-0.25, -0.2) is 0 Å². The van der Waals surface area contributed by atoms with Gasteiger partial charge in [-0.2, -0.15) is 21.0 Å². The van der Waals surface area contributed by atoms with Crippen LogP contribution >= 0.6 is 38.5 Å². The summed E-state index contributed by atoms with van der Waals surface area (Å²) in [7, 11) is 0. The quantitative estimate of drug-likeness (QED) is 0.141. The molecule has 0 atom stereocenters. The Morgan fingerprint density at radius 3 is 1.00 bits per heavy atom. The SMILES string of the molecule is N#Cc1ccc(N(c2ccc(C#N)cc2)c2ccc(C3(c4ccc(N(c5ccc(C#N)cc5)c5ccc(C#N)cc5)cc4)c4cc(Br)ccc4-c4ccc(I)cc43)cc2)cc1. The van der Waals surface area contributed by atoms with E-state index >= 15 is 0 Å². The van der Waals surface area contributed by atoms with E-state index in [2.05, 4.69) is 158 Å². The van der Waals surface area contributed by atoms with Crippen LogP contribution in [0.25, 0.3) is 11.1 Å². The minimum absolute atomic E-state index is 0.572. The Labute approximate surface area is 376 Å². The fourth-order valence-corrected chi connectivity index (χ4v) is 9.26. The van der Waals surface area contributed by atoms with Gasteiger partial charge in [-0.05, 0) is 202 Å². The van der Waals surface area contributed by atoms with Crippen LogP contribution in [0.4, 0.5) is 34.1 Å². The van der Waals surface area contributed by atoms with Crippen molar-refractivity contribution in [2.24, 2.45) is 0 Å². The lowest BCUT2D eigenvalue weighted by Gasteiger charge is -2.35. The molecule has 0 amide bonds. The normalized spacial score (nSPS) is 11.8. The Morgan fingerprint density at radius 2 is 0.672 bits per heavy atom. The fraction of sp³-hybridized carbons (Fsp3) is 0.0189. The Kier molecular flexibility index (Phi) is 10.4. The Hall–Kier alpha value is -7.47. The number of fused-ring (bicyclic) bond motifs is 3. The molecule has 8 heteroatoms. The number of anilines is 6. The Morgan fingerprint density at radius 1 is 0.377 bits per heavy atom. The Balaban J connectivity index is 1.23. The van der Waals surface area contributed by atoms with Gasteiger partial charge in [0.25, 0.3) is 0 Å². The average Bonchev–Trinajstić information content (AvgIpc) is 3.59. The van der Waals surface area contributed by atoms with Crippen molar-refractivity contribution in [2.75, 3.05) is 9.80 Å². The largest absolute Gasteiger partial charge is 0.311 e. The summed E-state index contributed by atoms with van der Waals surface area (Å²) in [6.07, 6.45) is 0. The van der Waals surface area contributed by atoms with Gasteiger partial charge in [0, 0.05) is 42.2 Å². The molecular weight excluding hydrogens is 927 g/mol. The molecule has 0 bridgehead atoms. The summed E-state index contributed by atoms with van der Waals surface area (Å²) in [5.74, 6) is 0. The number of benzene rings is 8. The molecule has 0 heterocycles. The highest BCUT2D eigenvalue weighted by Crippen LogP contribution is 2.57. The molecule has 61 heavy (non-hydrogen) atoms. The van der Waals surface area contributed by atoms with Gasteiger partial charge in [-0.3, -0.25) is 0 Å². The average molecular weight is 958 g/mol. The number of nitrogens with zero attached hydrogens (tertiary/aromatic N) is 6. The van der Waals surface area contributed by atoms with E-state index in [4.69, 9.17) is 0 Å². The molecule has 0 fully saturated rings. The number of hydrogen-bond acceptors (Lipinski definition) is 6. The van der Waals surface area contributed by atoms with E-state index in [1.807, 2.05) is 97.1 Å². The van der Waals surface area contributed by atoms with Gasteiger partial charge >= 0.3 is 0 Å². The molecule has 0 aromatic heterocycles. The fourth-order valence-electron chi connectivity index (χ4n) is 8.41. The standard InChI is InChI=1S/C53H30BrIN6/c54-41-13-27-49-50-28-14-42(55)30-52(50)53(51(49)29-41,39-9-23-47(24-10-39)60(43-15-1-35(31-56)2-16-43)44-17-3-36(32-57)4-18-44)40-11-25-48(26-12-40)61(45-19-5-37(33-58)6-20-45)46-21-7-38(34-59)8-22-46/h1-30H.